The number of nitrogens with one attached hydrogen (secondary N) is 2. The van der Waals surface area contributed by atoms with Gasteiger partial charge in [0.2, 0.25) is 5.91 Å². The van der Waals surface area contributed by atoms with Gasteiger partial charge in [-0.1, -0.05) is 20.8 Å². The number of hydrogen-bond acceptors (Lipinski definition) is 7. The number of anilines is 5. The van der Waals surface area contributed by atoms with Gasteiger partial charge in [-0.25, -0.2) is 4.98 Å². The second-order valence-electron chi connectivity index (χ2n) is 9.49. The Hall–Kier alpha value is -4.14. The van der Waals surface area contributed by atoms with Crippen molar-refractivity contribution < 1.29 is 14.3 Å². The maximum absolute atomic E-state index is 13.0. The summed E-state index contributed by atoms with van der Waals surface area (Å²) >= 11 is 0. The fourth-order valence-electron chi connectivity index (χ4n) is 4.42. The van der Waals surface area contributed by atoms with E-state index in [0.717, 1.165) is 30.8 Å². The molecule has 0 radical (unpaired) electrons. The fraction of sp³-hybridized carbons (Fsp3) is 0.357. The van der Waals surface area contributed by atoms with Gasteiger partial charge in [-0.05, 0) is 49.1 Å². The molecule has 1 unspecified atom stereocenters. The number of rotatable bonds is 9. The highest BCUT2D eigenvalue weighted by Gasteiger charge is 2.35. The SMILES string of the molecule is CCC1C(=O)N(C)c2cnc(Nc3ccc(C(=O)Nc4cccnc4)cc3OC)cc2N1CCC(C)C. The first-order chi connectivity index (χ1) is 17.8. The largest absolute Gasteiger partial charge is 0.495 e. The molecule has 1 aliphatic heterocycles. The summed E-state index contributed by atoms with van der Waals surface area (Å²) in [4.78, 5) is 38.2. The molecular formula is C28H34N6O3. The summed E-state index contributed by atoms with van der Waals surface area (Å²) in [6.07, 6.45) is 6.67. The van der Waals surface area contributed by atoms with Crippen molar-refractivity contribution in [3.63, 3.8) is 0 Å². The van der Waals surface area contributed by atoms with E-state index >= 15 is 0 Å². The molecule has 0 fully saturated rings. The number of hydrogen-bond donors (Lipinski definition) is 2. The van der Waals surface area contributed by atoms with Crippen LogP contribution in [0.2, 0.25) is 0 Å². The van der Waals surface area contributed by atoms with Gasteiger partial charge in [0.05, 0.1) is 42.3 Å². The molecule has 9 nitrogen and oxygen atoms in total. The number of ether oxygens (including phenoxy) is 1. The number of amides is 2. The number of likely N-dealkylation sites (N-methyl/N-ethyl adjacent to an activating group) is 1. The maximum Gasteiger partial charge on any atom is 0.255 e. The maximum atomic E-state index is 13.0. The number of carbonyl (C=O) groups excluding carboxylic acids is 2. The van der Waals surface area contributed by atoms with Crippen LogP contribution >= 0.6 is 0 Å². The summed E-state index contributed by atoms with van der Waals surface area (Å²) in [6.45, 7) is 7.20. The molecule has 1 aromatic carbocycles. The van der Waals surface area contributed by atoms with Gasteiger partial charge in [0.1, 0.15) is 17.6 Å². The van der Waals surface area contributed by atoms with Crippen LogP contribution in [-0.2, 0) is 4.79 Å². The first kappa shape index (κ1) is 25.9. The molecule has 3 aromatic rings. The molecule has 0 saturated carbocycles. The average molecular weight is 503 g/mol. The van der Waals surface area contributed by atoms with E-state index in [-0.39, 0.29) is 17.9 Å². The molecule has 0 spiro atoms. The summed E-state index contributed by atoms with van der Waals surface area (Å²) in [5.74, 6) is 1.48. The Labute approximate surface area is 217 Å². The Morgan fingerprint density at radius 2 is 1.97 bits per heavy atom. The number of methoxy groups -OCH3 is 1. The lowest BCUT2D eigenvalue weighted by atomic mass is 10.0. The van der Waals surface area contributed by atoms with E-state index in [9.17, 15) is 9.59 Å². The van der Waals surface area contributed by atoms with Gasteiger partial charge in [-0.2, -0.15) is 0 Å². The Morgan fingerprint density at radius 1 is 1.16 bits per heavy atom. The van der Waals surface area contributed by atoms with E-state index in [2.05, 4.69) is 39.3 Å². The van der Waals surface area contributed by atoms with Crippen LogP contribution in [0, 0.1) is 5.92 Å². The molecule has 2 aromatic heterocycles. The Morgan fingerprint density at radius 3 is 2.65 bits per heavy atom. The number of nitrogens with zero attached hydrogens (tertiary/aromatic N) is 4. The van der Waals surface area contributed by atoms with Gasteiger partial charge >= 0.3 is 0 Å². The molecular weight excluding hydrogens is 468 g/mol. The first-order valence-electron chi connectivity index (χ1n) is 12.5. The third-order valence-corrected chi connectivity index (χ3v) is 6.50. The molecule has 4 rings (SSSR count). The van der Waals surface area contributed by atoms with Crippen molar-refractivity contribution >= 4 is 40.4 Å². The summed E-state index contributed by atoms with van der Waals surface area (Å²) in [7, 11) is 3.36. The van der Waals surface area contributed by atoms with Gasteiger partial charge in [0.25, 0.3) is 5.91 Å². The van der Waals surface area contributed by atoms with Crippen LogP contribution in [0.25, 0.3) is 0 Å². The predicted octanol–water partition coefficient (Wildman–Crippen LogP) is 5.09. The van der Waals surface area contributed by atoms with Crippen LogP contribution in [-0.4, -0.2) is 48.5 Å². The lowest BCUT2D eigenvalue weighted by molar-refractivity contribution is -0.120. The van der Waals surface area contributed by atoms with Crippen LogP contribution < -0.4 is 25.2 Å². The topological polar surface area (TPSA) is 99.7 Å². The summed E-state index contributed by atoms with van der Waals surface area (Å²) in [6, 6.07) is 10.5. The lowest BCUT2D eigenvalue weighted by Crippen LogP contribution is -2.52. The minimum Gasteiger partial charge on any atom is -0.495 e. The van der Waals surface area contributed by atoms with Gasteiger partial charge in [-0.15, -0.1) is 0 Å². The van der Waals surface area contributed by atoms with Gasteiger partial charge in [-0.3, -0.25) is 14.6 Å². The van der Waals surface area contributed by atoms with Crippen molar-refractivity contribution in [2.75, 3.05) is 41.1 Å². The van der Waals surface area contributed by atoms with E-state index in [1.54, 1.807) is 68.0 Å². The highest BCUT2D eigenvalue weighted by Crippen LogP contribution is 2.39. The molecule has 37 heavy (non-hydrogen) atoms. The number of aromatic nitrogens is 2. The molecule has 2 amide bonds. The summed E-state index contributed by atoms with van der Waals surface area (Å²) in [5, 5.41) is 6.15. The van der Waals surface area contributed by atoms with Crippen molar-refractivity contribution in [3.05, 3.63) is 60.6 Å². The van der Waals surface area contributed by atoms with Crippen LogP contribution in [0.5, 0.6) is 5.75 Å². The van der Waals surface area contributed by atoms with E-state index in [0.29, 0.717) is 34.4 Å². The first-order valence-corrected chi connectivity index (χ1v) is 12.5. The molecule has 3 heterocycles. The highest BCUT2D eigenvalue weighted by atomic mass is 16.5. The second-order valence-corrected chi connectivity index (χ2v) is 9.49. The Kier molecular flexibility index (Phi) is 7.91. The van der Waals surface area contributed by atoms with Crippen molar-refractivity contribution in [2.24, 2.45) is 5.92 Å². The fourth-order valence-corrected chi connectivity index (χ4v) is 4.42. The van der Waals surface area contributed by atoms with Gasteiger partial charge in [0, 0.05) is 31.4 Å². The second kappa shape index (κ2) is 11.3. The monoisotopic (exact) mass is 502 g/mol. The zero-order valence-electron chi connectivity index (χ0n) is 22.0. The van der Waals surface area contributed by atoms with Crippen molar-refractivity contribution in [1.29, 1.82) is 0 Å². The smallest absolute Gasteiger partial charge is 0.255 e. The highest BCUT2D eigenvalue weighted by molar-refractivity contribution is 6.06. The van der Waals surface area contributed by atoms with Crippen molar-refractivity contribution in [1.82, 2.24) is 9.97 Å². The van der Waals surface area contributed by atoms with E-state index in [1.165, 1.54) is 0 Å². The van der Waals surface area contributed by atoms with E-state index in [1.807, 2.05) is 13.0 Å². The Balaban J connectivity index is 1.60. The van der Waals surface area contributed by atoms with E-state index < -0.39 is 0 Å². The third-order valence-electron chi connectivity index (χ3n) is 6.50. The third kappa shape index (κ3) is 5.66. The molecule has 0 saturated heterocycles. The van der Waals surface area contributed by atoms with Gasteiger partial charge < -0.3 is 25.2 Å². The standard InChI is InChI=1S/C28H34N6O3/c1-6-22-28(36)33(4)24-17-30-26(15-23(24)34(22)13-11-18(2)3)32-21-10-9-19(14-25(21)37-5)27(35)31-20-8-7-12-29-16-20/h7-10,12,14-18,22H,6,11,13H2,1-5H3,(H,30,32)(H,31,35). The summed E-state index contributed by atoms with van der Waals surface area (Å²) < 4.78 is 5.58. The van der Waals surface area contributed by atoms with Crippen LogP contribution in [0.3, 0.4) is 0 Å². The molecule has 9 heteroatoms. The zero-order valence-corrected chi connectivity index (χ0v) is 22.0. The van der Waals surface area contributed by atoms with E-state index in [4.69, 9.17) is 4.74 Å². The molecule has 1 aliphatic rings. The minimum atomic E-state index is -0.260. The van der Waals surface area contributed by atoms with Gasteiger partial charge in [0.15, 0.2) is 0 Å². The van der Waals surface area contributed by atoms with Crippen LogP contribution in [0.4, 0.5) is 28.6 Å². The quantitative estimate of drug-likeness (QED) is 0.420. The number of fused-ring (bicyclic) bond motifs is 1. The normalized spacial score (nSPS) is 15.0. The van der Waals surface area contributed by atoms with Crippen LogP contribution in [0.15, 0.2) is 55.0 Å². The zero-order chi connectivity index (χ0) is 26.5. The molecule has 2 N–H and O–H groups in total. The average Bonchev–Trinajstić information content (AvgIpc) is 2.90. The summed E-state index contributed by atoms with van der Waals surface area (Å²) in [5.41, 5.74) is 3.50. The molecule has 194 valence electrons. The van der Waals surface area contributed by atoms with Crippen molar-refractivity contribution in [2.45, 2.75) is 39.7 Å². The molecule has 0 bridgehead atoms. The number of pyridine rings is 2. The van der Waals surface area contributed by atoms with Crippen molar-refractivity contribution in [3.8, 4) is 5.75 Å². The predicted molar refractivity (Wildman–Crippen MR) is 147 cm³/mol. The Bertz CT molecular complexity index is 1260. The molecule has 1 atom stereocenters. The van der Waals surface area contributed by atoms with Crippen LogP contribution in [0.1, 0.15) is 44.0 Å². The minimum absolute atomic E-state index is 0.0862. The number of benzene rings is 1. The lowest BCUT2D eigenvalue weighted by Gasteiger charge is -2.41. The number of carbonyl (C=O) groups is 2. The molecule has 0 aliphatic carbocycles.